The number of hydrogen-bond acceptors (Lipinski definition) is 7. The van der Waals surface area contributed by atoms with E-state index < -0.39 is 28.5 Å². The van der Waals surface area contributed by atoms with Crippen molar-refractivity contribution >= 4 is 46.3 Å². The first kappa shape index (κ1) is 20.1. The second-order valence-electron chi connectivity index (χ2n) is 5.86. The molecular weight excluding hydrogens is 398 g/mol. The standard InChI is InChI=1S/C19H15N3O6S/c1-28-15-5-3-2-4-12(15)10-16-18(24)21(19(25)29-16)11-17(23)20-13-6-8-14(9-7-13)22(26)27/h2-10H,11H2,1H3,(H,20,23)/b16-10-. The Kier molecular flexibility index (Phi) is 5.93. The summed E-state index contributed by atoms with van der Waals surface area (Å²) in [5.74, 6) is -0.625. The molecule has 9 nitrogen and oxygen atoms in total. The van der Waals surface area contributed by atoms with E-state index in [9.17, 15) is 24.5 Å². The van der Waals surface area contributed by atoms with Gasteiger partial charge in [0.05, 0.1) is 16.9 Å². The topological polar surface area (TPSA) is 119 Å². The minimum Gasteiger partial charge on any atom is -0.496 e. The lowest BCUT2D eigenvalue weighted by Gasteiger charge is -2.12. The summed E-state index contributed by atoms with van der Waals surface area (Å²) >= 11 is 0.737. The molecular formula is C19H15N3O6S. The summed E-state index contributed by atoms with van der Waals surface area (Å²) in [4.78, 5) is 48.1. The van der Waals surface area contributed by atoms with Crippen LogP contribution in [0.4, 0.5) is 16.2 Å². The van der Waals surface area contributed by atoms with Gasteiger partial charge in [-0.05, 0) is 36.0 Å². The van der Waals surface area contributed by atoms with Crippen molar-refractivity contribution in [2.75, 3.05) is 19.0 Å². The molecule has 1 saturated heterocycles. The molecule has 3 rings (SSSR count). The van der Waals surface area contributed by atoms with Gasteiger partial charge >= 0.3 is 0 Å². The van der Waals surface area contributed by atoms with Crippen LogP contribution >= 0.6 is 11.8 Å². The molecule has 0 bridgehead atoms. The fraction of sp³-hybridized carbons (Fsp3) is 0.105. The first-order chi connectivity index (χ1) is 13.9. The van der Waals surface area contributed by atoms with Gasteiger partial charge in [0.15, 0.2) is 0 Å². The predicted octanol–water partition coefficient (Wildman–Crippen LogP) is 3.28. The molecule has 0 unspecified atom stereocenters. The molecule has 2 aromatic rings. The van der Waals surface area contributed by atoms with Crippen molar-refractivity contribution < 1.29 is 24.0 Å². The van der Waals surface area contributed by atoms with Gasteiger partial charge in [-0.15, -0.1) is 0 Å². The lowest BCUT2D eigenvalue weighted by Crippen LogP contribution is -2.36. The molecule has 0 aromatic heterocycles. The van der Waals surface area contributed by atoms with Crippen LogP contribution in [0.3, 0.4) is 0 Å². The number of hydrogen-bond donors (Lipinski definition) is 1. The molecule has 1 aliphatic rings. The third-order valence-corrected chi connectivity index (χ3v) is 4.87. The number of para-hydroxylation sites is 1. The summed E-state index contributed by atoms with van der Waals surface area (Å²) in [5.41, 5.74) is 0.836. The van der Waals surface area contributed by atoms with Crippen molar-refractivity contribution in [1.82, 2.24) is 4.90 Å². The number of carbonyl (C=O) groups is 3. The van der Waals surface area contributed by atoms with E-state index in [2.05, 4.69) is 5.32 Å². The van der Waals surface area contributed by atoms with E-state index in [0.29, 0.717) is 17.0 Å². The molecule has 3 amide bonds. The number of carbonyl (C=O) groups excluding carboxylic acids is 3. The lowest BCUT2D eigenvalue weighted by molar-refractivity contribution is -0.384. The number of anilines is 1. The van der Waals surface area contributed by atoms with Crippen LogP contribution < -0.4 is 10.1 Å². The van der Waals surface area contributed by atoms with Crippen molar-refractivity contribution in [3.63, 3.8) is 0 Å². The van der Waals surface area contributed by atoms with Crippen LogP contribution in [0, 0.1) is 10.1 Å². The summed E-state index contributed by atoms with van der Waals surface area (Å²) in [6, 6.07) is 12.2. The van der Waals surface area contributed by atoms with E-state index in [4.69, 9.17) is 4.74 Å². The van der Waals surface area contributed by atoms with E-state index in [-0.39, 0.29) is 10.6 Å². The van der Waals surface area contributed by atoms with Crippen molar-refractivity contribution in [2.45, 2.75) is 0 Å². The summed E-state index contributed by atoms with van der Waals surface area (Å²) in [5, 5.41) is 12.6. The molecule has 2 aromatic carbocycles. The first-order valence-corrected chi connectivity index (χ1v) is 9.13. The average Bonchev–Trinajstić information content (AvgIpc) is 2.96. The van der Waals surface area contributed by atoms with Crippen LogP contribution in [0.2, 0.25) is 0 Å². The molecule has 10 heteroatoms. The van der Waals surface area contributed by atoms with Crippen LogP contribution in [0.1, 0.15) is 5.56 Å². The van der Waals surface area contributed by atoms with E-state index >= 15 is 0 Å². The van der Waals surface area contributed by atoms with Gasteiger partial charge in [0, 0.05) is 23.4 Å². The van der Waals surface area contributed by atoms with Crippen LogP contribution in [0.5, 0.6) is 5.75 Å². The van der Waals surface area contributed by atoms with E-state index in [0.717, 1.165) is 16.7 Å². The highest BCUT2D eigenvalue weighted by molar-refractivity contribution is 8.18. The molecule has 0 atom stereocenters. The summed E-state index contributed by atoms with van der Waals surface area (Å²) in [7, 11) is 1.50. The average molecular weight is 413 g/mol. The van der Waals surface area contributed by atoms with Gasteiger partial charge in [0.2, 0.25) is 5.91 Å². The lowest BCUT2D eigenvalue weighted by atomic mass is 10.2. The van der Waals surface area contributed by atoms with Gasteiger partial charge in [0.25, 0.3) is 16.8 Å². The van der Waals surface area contributed by atoms with E-state index in [1.165, 1.54) is 37.5 Å². The molecule has 1 aliphatic heterocycles. The van der Waals surface area contributed by atoms with Crippen LogP contribution in [-0.2, 0) is 9.59 Å². The van der Waals surface area contributed by atoms with Crippen LogP contribution in [0.25, 0.3) is 6.08 Å². The number of nitro benzene ring substituents is 1. The van der Waals surface area contributed by atoms with E-state index in [1.54, 1.807) is 24.3 Å². The molecule has 29 heavy (non-hydrogen) atoms. The van der Waals surface area contributed by atoms with Gasteiger partial charge in [0.1, 0.15) is 12.3 Å². The molecule has 1 heterocycles. The summed E-state index contributed by atoms with van der Waals surface area (Å²) in [6.07, 6.45) is 1.54. The van der Waals surface area contributed by atoms with Gasteiger partial charge < -0.3 is 10.1 Å². The first-order valence-electron chi connectivity index (χ1n) is 8.31. The number of nitrogens with zero attached hydrogens (tertiary/aromatic N) is 2. The largest absolute Gasteiger partial charge is 0.496 e. The van der Waals surface area contributed by atoms with Gasteiger partial charge in [-0.2, -0.15) is 0 Å². The SMILES string of the molecule is COc1ccccc1/C=C1\SC(=O)N(CC(=O)Nc2ccc([N+](=O)[O-])cc2)C1=O. The summed E-state index contributed by atoms with van der Waals surface area (Å²) < 4.78 is 5.23. The second kappa shape index (κ2) is 8.57. The Morgan fingerprint density at radius 3 is 2.55 bits per heavy atom. The number of amides is 3. The smallest absolute Gasteiger partial charge is 0.294 e. The Labute approximate surface area is 169 Å². The zero-order valence-electron chi connectivity index (χ0n) is 15.2. The number of benzene rings is 2. The predicted molar refractivity (Wildman–Crippen MR) is 107 cm³/mol. The van der Waals surface area contributed by atoms with Crippen molar-refractivity contribution in [1.29, 1.82) is 0 Å². The maximum absolute atomic E-state index is 12.5. The van der Waals surface area contributed by atoms with Crippen molar-refractivity contribution in [3.8, 4) is 5.75 Å². The normalized spacial score (nSPS) is 14.9. The number of rotatable bonds is 6. The molecule has 1 N–H and O–H groups in total. The number of imide groups is 1. The number of ether oxygens (including phenoxy) is 1. The maximum atomic E-state index is 12.5. The fourth-order valence-corrected chi connectivity index (χ4v) is 3.40. The molecule has 0 spiro atoms. The van der Waals surface area contributed by atoms with Crippen molar-refractivity contribution in [3.05, 3.63) is 69.1 Å². The minimum absolute atomic E-state index is 0.115. The Morgan fingerprint density at radius 1 is 1.21 bits per heavy atom. The number of methoxy groups -OCH3 is 1. The number of nitrogens with one attached hydrogen (secondary N) is 1. The third-order valence-electron chi connectivity index (χ3n) is 3.96. The Bertz CT molecular complexity index is 1020. The van der Waals surface area contributed by atoms with Gasteiger partial charge in [-0.1, -0.05) is 18.2 Å². The Hall–Kier alpha value is -3.66. The molecule has 148 valence electrons. The highest BCUT2D eigenvalue weighted by Crippen LogP contribution is 2.33. The van der Waals surface area contributed by atoms with Crippen LogP contribution in [0.15, 0.2) is 53.4 Å². The number of non-ortho nitro benzene ring substituents is 1. The number of thioether (sulfide) groups is 1. The monoisotopic (exact) mass is 413 g/mol. The summed E-state index contributed by atoms with van der Waals surface area (Å²) in [6.45, 7) is -0.467. The molecule has 0 aliphatic carbocycles. The second-order valence-corrected chi connectivity index (χ2v) is 6.86. The van der Waals surface area contributed by atoms with Crippen LogP contribution in [-0.4, -0.2) is 40.5 Å². The highest BCUT2D eigenvalue weighted by atomic mass is 32.2. The molecule has 1 fully saturated rings. The Balaban J connectivity index is 1.69. The van der Waals surface area contributed by atoms with Gasteiger partial charge in [-0.25, -0.2) is 0 Å². The molecule has 0 radical (unpaired) electrons. The molecule has 0 saturated carbocycles. The Morgan fingerprint density at radius 2 is 1.90 bits per heavy atom. The zero-order valence-corrected chi connectivity index (χ0v) is 16.0. The van der Waals surface area contributed by atoms with E-state index in [1.807, 2.05) is 0 Å². The highest BCUT2D eigenvalue weighted by Gasteiger charge is 2.36. The third kappa shape index (κ3) is 4.61. The van der Waals surface area contributed by atoms with Crippen molar-refractivity contribution in [2.24, 2.45) is 0 Å². The zero-order chi connectivity index (χ0) is 21.0. The fourth-order valence-electron chi connectivity index (χ4n) is 2.57. The quantitative estimate of drug-likeness (QED) is 0.438. The number of nitro groups is 1. The van der Waals surface area contributed by atoms with Gasteiger partial charge in [-0.3, -0.25) is 29.4 Å². The minimum atomic E-state index is -0.598. The maximum Gasteiger partial charge on any atom is 0.294 e.